The van der Waals surface area contributed by atoms with Gasteiger partial charge in [-0.1, -0.05) is 0 Å². The molecule has 3 rings (SSSR count). The molecule has 1 aromatic carbocycles. The highest BCUT2D eigenvalue weighted by molar-refractivity contribution is 6.01. The quantitative estimate of drug-likeness (QED) is 0.856. The number of hydrogen-bond acceptors (Lipinski definition) is 3. The van der Waals surface area contributed by atoms with Crippen molar-refractivity contribution in [3.8, 4) is 0 Å². The van der Waals surface area contributed by atoms with E-state index < -0.39 is 0 Å². The topological polar surface area (TPSA) is 52.7 Å². The summed E-state index contributed by atoms with van der Waals surface area (Å²) in [6.45, 7) is 2.22. The third-order valence-electron chi connectivity index (χ3n) is 4.00. The second-order valence-corrected chi connectivity index (χ2v) is 5.42. The number of hydrogen-bond donors (Lipinski definition) is 1. The van der Waals surface area contributed by atoms with Gasteiger partial charge in [-0.25, -0.2) is 9.18 Å². The van der Waals surface area contributed by atoms with Crippen LogP contribution in [0.4, 0.5) is 14.9 Å². The molecular weight excluding hydrogens is 273 g/mol. The van der Waals surface area contributed by atoms with Crippen molar-refractivity contribution in [1.29, 1.82) is 0 Å². The van der Waals surface area contributed by atoms with Crippen LogP contribution in [0.5, 0.6) is 0 Å². The molecule has 1 aromatic rings. The van der Waals surface area contributed by atoms with Crippen molar-refractivity contribution in [2.24, 2.45) is 0 Å². The fourth-order valence-electron chi connectivity index (χ4n) is 2.98. The lowest BCUT2D eigenvalue weighted by atomic mass is 10.0. The highest BCUT2D eigenvalue weighted by Gasteiger charge is 2.28. The standard InChI is InChI=1S/C15H18FN3O2/c16-12-4-5-13-11(9-12)3-1-6-18(13)7-2-8-19-14(20)10-17-15(19)21/h4-5,9H,1-3,6-8,10H2,(H,17,21). The average Bonchev–Trinajstić information content (AvgIpc) is 2.78. The summed E-state index contributed by atoms with van der Waals surface area (Å²) >= 11 is 0. The summed E-state index contributed by atoms with van der Waals surface area (Å²) < 4.78 is 13.3. The van der Waals surface area contributed by atoms with E-state index in [4.69, 9.17) is 0 Å². The molecule has 112 valence electrons. The molecule has 0 radical (unpaired) electrons. The van der Waals surface area contributed by atoms with E-state index in [1.807, 2.05) is 6.07 Å². The van der Waals surface area contributed by atoms with Gasteiger partial charge in [-0.3, -0.25) is 9.69 Å². The maximum absolute atomic E-state index is 13.3. The van der Waals surface area contributed by atoms with Gasteiger partial charge in [-0.15, -0.1) is 0 Å². The molecule has 6 heteroatoms. The Morgan fingerprint density at radius 1 is 1.24 bits per heavy atom. The molecule has 2 heterocycles. The lowest BCUT2D eigenvalue weighted by Crippen LogP contribution is -2.36. The first kappa shape index (κ1) is 13.9. The average molecular weight is 291 g/mol. The molecule has 0 aromatic heterocycles. The number of carbonyl (C=O) groups is 2. The van der Waals surface area contributed by atoms with Crippen LogP contribution >= 0.6 is 0 Å². The van der Waals surface area contributed by atoms with Gasteiger partial charge >= 0.3 is 6.03 Å². The zero-order valence-corrected chi connectivity index (χ0v) is 11.8. The first-order valence-corrected chi connectivity index (χ1v) is 7.27. The molecule has 0 aliphatic carbocycles. The maximum atomic E-state index is 13.3. The van der Waals surface area contributed by atoms with E-state index in [9.17, 15) is 14.0 Å². The van der Waals surface area contributed by atoms with Crippen LogP contribution in [0.3, 0.4) is 0 Å². The molecule has 0 spiro atoms. The van der Waals surface area contributed by atoms with E-state index >= 15 is 0 Å². The Labute approximate surface area is 122 Å². The van der Waals surface area contributed by atoms with E-state index in [-0.39, 0.29) is 24.3 Å². The predicted octanol–water partition coefficient (Wildman–Crippen LogP) is 1.52. The number of nitrogens with zero attached hydrogens (tertiary/aromatic N) is 2. The van der Waals surface area contributed by atoms with Crippen molar-refractivity contribution in [2.75, 3.05) is 31.1 Å². The molecule has 0 bridgehead atoms. The minimum Gasteiger partial charge on any atom is -0.371 e. The first-order chi connectivity index (χ1) is 10.1. The Hall–Kier alpha value is -2.11. The largest absolute Gasteiger partial charge is 0.371 e. The zero-order valence-electron chi connectivity index (χ0n) is 11.8. The van der Waals surface area contributed by atoms with Gasteiger partial charge in [-0.05, 0) is 43.0 Å². The third-order valence-corrected chi connectivity index (χ3v) is 4.00. The molecule has 21 heavy (non-hydrogen) atoms. The smallest absolute Gasteiger partial charge is 0.324 e. The van der Waals surface area contributed by atoms with Gasteiger partial charge in [0, 0.05) is 25.3 Å². The van der Waals surface area contributed by atoms with Gasteiger partial charge in [0.25, 0.3) is 0 Å². The fourth-order valence-corrected chi connectivity index (χ4v) is 2.98. The van der Waals surface area contributed by atoms with Crippen LogP contribution in [-0.2, 0) is 11.2 Å². The monoisotopic (exact) mass is 291 g/mol. The number of anilines is 1. The van der Waals surface area contributed by atoms with Gasteiger partial charge in [0.1, 0.15) is 5.82 Å². The van der Waals surface area contributed by atoms with Gasteiger partial charge in [-0.2, -0.15) is 0 Å². The highest BCUT2D eigenvalue weighted by atomic mass is 19.1. The molecule has 5 nitrogen and oxygen atoms in total. The van der Waals surface area contributed by atoms with E-state index in [1.54, 1.807) is 6.07 Å². The molecule has 0 unspecified atom stereocenters. The maximum Gasteiger partial charge on any atom is 0.324 e. The number of rotatable bonds is 4. The number of aryl methyl sites for hydroxylation is 1. The van der Waals surface area contributed by atoms with Crippen molar-refractivity contribution in [2.45, 2.75) is 19.3 Å². The Morgan fingerprint density at radius 2 is 2.10 bits per heavy atom. The van der Waals surface area contributed by atoms with E-state index in [0.717, 1.165) is 43.6 Å². The van der Waals surface area contributed by atoms with E-state index in [1.165, 1.54) is 11.0 Å². The summed E-state index contributed by atoms with van der Waals surface area (Å²) in [5.74, 6) is -0.365. The minimum absolute atomic E-state index is 0.102. The summed E-state index contributed by atoms with van der Waals surface area (Å²) in [4.78, 5) is 26.4. The normalized spacial score (nSPS) is 18.0. The van der Waals surface area contributed by atoms with Crippen molar-refractivity contribution in [1.82, 2.24) is 10.2 Å². The summed E-state index contributed by atoms with van der Waals surface area (Å²) in [6, 6.07) is 4.59. The molecule has 3 amide bonds. The third kappa shape index (κ3) is 2.84. The summed E-state index contributed by atoms with van der Waals surface area (Å²) in [5.41, 5.74) is 2.11. The van der Waals surface area contributed by atoms with Crippen LogP contribution in [-0.4, -0.2) is 43.0 Å². The second-order valence-electron chi connectivity index (χ2n) is 5.42. The van der Waals surface area contributed by atoms with Crippen molar-refractivity contribution < 1.29 is 14.0 Å². The number of urea groups is 1. The van der Waals surface area contributed by atoms with Gasteiger partial charge in [0.2, 0.25) is 5.91 Å². The molecular formula is C15H18FN3O2. The summed E-state index contributed by atoms with van der Waals surface area (Å²) in [6.07, 6.45) is 2.62. The summed E-state index contributed by atoms with van der Waals surface area (Å²) in [7, 11) is 0. The van der Waals surface area contributed by atoms with Crippen LogP contribution in [0, 0.1) is 5.82 Å². The number of amides is 3. The number of fused-ring (bicyclic) bond motifs is 1. The van der Waals surface area contributed by atoms with E-state index in [2.05, 4.69) is 10.2 Å². The van der Waals surface area contributed by atoms with Crippen LogP contribution < -0.4 is 10.2 Å². The number of halogens is 1. The fraction of sp³-hybridized carbons (Fsp3) is 0.467. The van der Waals surface area contributed by atoms with Crippen molar-refractivity contribution in [3.63, 3.8) is 0 Å². The molecule has 0 saturated carbocycles. The van der Waals surface area contributed by atoms with E-state index in [0.29, 0.717) is 6.54 Å². The number of benzene rings is 1. The molecule has 2 aliphatic heterocycles. The first-order valence-electron chi connectivity index (χ1n) is 7.27. The van der Waals surface area contributed by atoms with Crippen LogP contribution in [0.1, 0.15) is 18.4 Å². The lowest BCUT2D eigenvalue weighted by Gasteiger charge is -2.31. The summed E-state index contributed by atoms with van der Waals surface area (Å²) in [5, 5.41) is 2.51. The molecule has 1 N–H and O–H groups in total. The Balaban J connectivity index is 1.60. The lowest BCUT2D eigenvalue weighted by molar-refractivity contribution is -0.125. The van der Waals surface area contributed by atoms with Crippen LogP contribution in [0.2, 0.25) is 0 Å². The predicted molar refractivity (Wildman–Crippen MR) is 76.7 cm³/mol. The minimum atomic E-state index is -0.305. The number of carbonyl (C=O) groups excluding carboxylic acids is 2. The van der Waals surface area contributed by atoms with Gasteiger partial charge < -0.3 is 10.2 Å². The Bertz CT molecular complexity index is 560. The van der Waals surface area contributed by atoms with Crippen molar-refractivity contribution >= 4 is 17.6 Å². The second kappa shape index (κ2) is 5.71. The Morgan fingerprint density at radius 3 is 2.86 bits per heavy atom. The van der Waals surface area contributed by atoms with Crippen LogP contribution in [0.25, 0.3) is 0 Å². The Kier molecular flexibility index (Phi) is 3.77. The van der Waals surface area contributed by atoms with Crippen LogP contribution in [0.15, 0.2) is 18.2 Å². The van der Waals surface area contributed by atoms with Gasteiger partial charge in [0.05, 0.1) is 6.54 Å². The zero-order chi connectivity index (χ0) is 14.8. The van der Waals surface area contributed by atoms with Gasteiger partial charge in [0.15, 0.2) is 0 Å². The number of nitrogens with one attached hydrogen (secondary N) is 1. The SMILES string of the molecule is O=C1CNC(=O)N1CCCN1CCCc2cc(F)ccc21. The highest BCUT2D eigenvalue weighted by Crippen LogP contribution is 2.27. The molecule has 2 aliphatic rings. The number of imide groups is 1. The molecule has 1 fully saturated rings. The van der Waals surface area contributed by atoms with Crippen molar-refractivity contribution in [3.05, 3.63) is 29.6 Å². The molecule has 0 atom stereocenters. The molecule has 1 saturated heterocycles.